The number of carbonyl (C=O) groups excluding carboxylic acids is 1. The summed E-state index contributed by atoms with van der Waals surface area (Å²) in [4.78, 5) is 20.2. The maximum atomic E-state index is 11.3. The lowest BCUT2D eigenvalue weighted by Gasteiger charge is -2.05. The zero-order valence-corrected chi connectivity index (χ0v) is 10.6. The molecule has 0 aliphatic heterocycles. The van der Waals surface area contributed by atoms with Crippen LogP contribution in [0.2, 0.25) is 0 Å². The lowest BCUT2D eigenvalue weighted by atomic mass is 10.2. The molecule has 0 saturated heterocycles. The standard InChI is InChI=1S/C14H16N2O2/c1-3-18-14(17)9-8-13-15-10(2)11-6-4-5-7-12(11)16-13/h4-7H,3,8-9H2,1-2H3. The molecule has 0 aliphatic rings. The van der Waals surface area contributed by atoms with Gasteiger partial charge in [-0.15, -0.1) is 0 Å². The number of rotatable bonds is 4. The van der Waals surface area contributed by atoms with Gasteiger partial charge in [-0.2, -0.15) is 0 Å². The zero-order valence-electron chi connectivity index (χ0n) is 10.6. The molecule has 4 nitrogen and oxygen atoms in total. The van der Waals surface area contributed by atoms with Crippen molar-refractivity contribution in [2.45, 2.75) is 26.7 Å². The maximum Gasteiger partial charge on any atom is 0.306 e. The fraction of sp³-hybridized carbons (Fsp3) is 0.357. The molecular formula is C14H16N2O2. The number of aryl methyl sites for hydroxylation is 2. The fourth-order valence-corrected chi connectivity index (χ4v) is 1.85. The molecule has 0 N–H and O–H groups in total. The molecule has 18 heavy (non-hydrogen) atoms. The topological polar surface area (TPSA) is 52.1 Å². The first kappa shape index (κ1) is 12.5. The van der Waals surface area contributed by atoms with Crippen LogP contribution in [0.4, 0.5) is 0 Å². The molecule has 0 fully saturated rings. The van der Waals surface area contributed by atoms with Gasteiger partial charge in [0.25, 0.3) is 0 Å². The van der Waals surface area contributed by atoms with E-state index >= 15 is 0 Å². The lowest BCUT2D eigenvalue weighted by molar-refractivity contribution is -0.143. The number of benzene rings is 1. The van der Waals surface area contributed by atoms with Gasteiger partial charge < -0.3 is 4.74 Å². The van der Waals surface area contributed by atoms with Crippen LogP contribution in [0, 0.1) is 6.92 Å². The van der Waals surface area contributed by atoms with Crippen LogP contribution in [0.15, 0.2) is 24.3 Å². The molecule has 1 aromatic carbocycles. The van der Waals surface area contributed by atoms with Crippen molar-refractivity contribution in [3.8, 4) is 0 Å². The summed E-state index contributed by atoms with van der Waals surface area (Å²) in [6.45, 7) is 4.17. The minimum Gasteiger partial charge on any atom is -0.466 e. The van der Waals surface area contributed by atoms with E-state index in [4.69, 9.17) is 4.74 Å². The van der Waals surface area contributed by atoms with Crippen LogP contribution in [0.5, 0.6) is 0 Å². The monoisotopic (exact) mass is 244 g/mol. The maximum absolute atomic E-state index is 11.3. The Kier molecular flexibility index (Phi) is 3.87. The first-order valence-corrected chi connectivity index (χ1v) is 6.08. The van der Waals surface area contributed by atoms with Gasteiger partial charge in [0.15, 0.2) is 0 Å². The van der Waals surface area contributed by atoms with E-state index in [9.17, 15) is 4.79 Å². The summed E-state index contributed by atoms with van der Waals surface area (Å²) >= 11 is 0. The fourth-order valence-electron chi connectivity index (χ4n) is 1.85. The number of hydrogen-bond acceptors (Lipinski definition) is 4. The second-order valence-corrected chi connectivity index (χ2v) is 4.05. The average molecular weight is 244 g/mol. The number of fused-ring (bicyclic) bond motifs is 1. The SMILES string of the molecule is CCOC(=O)CCc1nc(C)c2ccccc2n1. The number of ether oxygens (including phenoxy) is 1. The van der Waals surface area contributed by atoms with Crippen LogP contribution in [0.1, 0.15) is 24.9 Å². The van der Waals surface area contributed by atoms with E-state index < -0.39 is 0 Å². The highest BCUT2D eigenvalue weighted by Gasteiger charge is 2.07. The zero-order chi connectivity index (χ0) is 13.0. The molecule has 4 heteroatoms. The number of para-hydroxylation sites is 1. The summed E-state index contributed by atoms with van der Waals surface area (Å²) in [7, 11) is 0. The van der Waals surface area contributed by atoms with Crippen molar-refractivity contribution in [2.24, 2.45) is 0 Å². The Morgan fingerprint density at radius 3 is 2.83 bits per heavy atom. The lowest BCUT2D eigenvalue weighted by Crippen LogP contribution is -2.07. The Hall–Kier alpha value is -1.97. The molecule has 94 valence electrons. The first-order chi connectivity index (χ1) is 8.70. The minimum absolute atomic E-state index is 0.202. The quantitative estimate of drug-likeness (QED) is 0.775. The molecule has 2 aromatic rings. The van der Waals surface area contributed by atoms with Crippen LogP contribution >= 0.6 is 0 Å². The second-order valence-electron chi connectivity index (χ2n) is 4.05. The number of esters is 1. The van der Waals surface area contributed by atoms with E-state index in [2.05, 4.69) is 9.97 Å². The summed E-state index contributed by atoms with van der Waals surface area (Å²) in [5, 5.41) is 1.05. The number of hydrogen-bond donors (Lipinski definition) is 0. The molecule has 0 saturated carbocycles. The van der Waals surface area contributed by atoms with E-state index in [0.29, 0.717) is 25.3 Å². The normalized spacial score (nSPS) is 10.6. The van der Waals surface area contributed by atoms with E-state index in [1.54, 1.807) is 6.92 Å². The molecule has 1 aromatic heterocycles. The highest BCUT2D eigenvalue weighted by Crippen LogP contribution is 2.15. The van der Waals surface area contributed by atoms with Crippen LogP contribution in [-0.2, 0) is 16.0 Å². The third kappa shape index (κ3) is 2.83. The third-order valence-electron chi connectivity index (χ3n) is 2.70. The molecule has 0 radical (unpaired) electrons. The molecule has 0 amide bonds. The molecule has 0 aliphatic carbocycles. The summed E-state index contributed by atoms with van der Waals surface area (Å²) in [6, 6.07) is 7.87. The van der Waals surface area contributed by atoms with Gasteiger partial charge in [-0.05, 0) is 19.9 Å². The number of nitrogens with zero attached hydrogens (tertiary/aromatic N) is 2. The summed E-state index contributed by atoms with van der Waals surface area (Å²) in [5.74, 6) is 0.492. The van der Waals surface area contributed by atoms with Crippen LogP contribution < -0.4 is 0 Å². The average Bonchev–Trinajstić information content (AvgIpc) is 2.37. The molecular weight excluding hydrogens is 228 g/mol. The van der Waals surface area contributed by atoms with Crippen LogP contribution in [-0.4, -0.2) is 22.5 Å². The van der Waals surface area contributed by atoms with Crippen molar-refractivity contribution in [1.29, 1.82) is 0 Å². The Morgan fingerprint density at radius 2 is 2.06 bits per heavy atom. The molecule has 0 atom stereocenters. The molecule has 0 spiro atoms. The van der Waals surface area contributed by atoms with Gasteiger partial charge >= 0.3 is 5.97 Å². The van der Waals surface area contributed by atoms with Gasteiger partial charge in [0.05, 0.1) is 18.5 Å². The van der Waals surface area contributed by atoms with Crippen molar-refractivity contribution in [3.63, 3.8) is 0 Å². The van der Waals surface area contributed by atoms with Crippen LogP contribution in [0.3, 0.4) is 0 Å². The first-order valence-electron chi connectivity index (χ1n) is 6.08. The van der Waals surface area contributed by atoms with Crippen LogP contribution in [0.25, 0.3) is 10.9 Å². The highest BCUT2D eigenvalue weighted by atomic mass is 16.5. The Bertz CT molecular complexity index is 567. The summed E-state index contributed by atoms with van der Waals surface area (Å²) in [6.07, 6.45) is 0.843. The molecule has 1 heterocycles. The predicted octanol–water partition coefficient (Wildman–Crippen LogP) is 2.43. The molecule has 2 rings (SSSR count). The molecule has 0 bridgehead atoms. The van der Waals surface area contributed by atoms with Gasteiger partial charge in [0.1, 0.15) is 5.82 Å². The van der Waals surface area contributed by atoms with Crippen molar-refractivity contribution in [2.75, 3.05) is 6.61 Å². The van der Waals surface area contributed by atoms with E-state index in [1.807, 2.05) is 31.2 Å². The molecule has 0 unspecified atom stereocenters. The van der Waals surface area contributed by atoms with E-state index in [1.165, 1.54) is 0 Å². The third-order valence-corrected chi connectivity index (χ3v) is 2.70. The minimum atomic E-state index is -0.202. The van der Waals surface area contributed by atoms with Gasteiger partial charge in [-0.1, -0.05) is 18.2 Å². The van der Waals surface area contributed by atoms with Crippen molar-refractivity contribution in [3.05, 3.63) is 35.8 Å². The van der Waals surface area contributed by atoms with Gasteiger partial charge in [-0.3, -0.25) is 4.79 Å². The Balaban J connectivity index is 2.17. The van der Waals surface area contributed by atoms with Crippen molar-refractivity contribution in [1.82, 2.24) is 9.97 Å². The predicted molar refractivity (Wildman–Crippen MR) is 69.2 cm³/mol. The van der Waals surface area contributed by atoms with Gasteiger partial charge in [-0.25, -0.2) is 9.97 Å². The summed E-state index contributed by atoms with van der Waals surface area (Å²) < 4.78 is 4.89. The summed E-state index contributed by atoms with van der Waals surface area (Å²) in [5.41, 5.74) is 1.86. The smallest absolute Gasteiger partial charge is 0.306 e. The van der Waals surface area contributed by atoms with Crippen molar-refractivity contribution >= 4 is 16.9 Å². The highest BCUT2D eigenvalue weighted by molar-refractivity contribution is 5.80. The number of aromatic nitrogens is 2. The Labute approximate surface area is 106 Å². The Morgan fingerprint density at radius 1 is 1.28 bits per heavy atom. The van der Waals surface area contributed by atoms with E-state index in [-0.39, 0.29) is 5.97 Å². The largest absolute Gasteiger partial charge is 0.466 e. The number of carbonyl (C=O) groups is 1. The van der Waals surface area contributed by atoms with Gasteiger partial charge in [0, 0.05) is 17.5 Å². The van der Waals surface area contributed by atoms with Crippen molar-refractivity contribution < 1.29 is 9.53 Å². The second kappa shape index (κ2) is 5.58. The van der Waals surface area contributed by atoms with E-state index in [0.717, 1.165) is 16.6 Å². The van der Waals surface area contributed by atoms with Gasteiger partial charge in [0.2, 0.25) is 0 Å².